The van der Waals surface area contributed by atoms with Gasteiger partial charge < -0.3 is 10.1 Å². The molecule has 5 heteroatoms. The summed E-state index contributed by atoms with van der Waals surface area (Å²) in [6, 6.07) is 0. The first-order chi connectivity index (χ1) is 7.90. The maximum Gasteiger partial charge on any atom is 0.218 e. The zero-order valence-corrected chi connectivity index (χ0v) is 9.18. The van der Waals surface area contributed by atoms with Crippen molar-refractivity contribution < 1.29 is 4.74 Å². The molecule has 1 N–H and O–H groups in total. The van der Waals surface area contributed by atoms with Crippen LogP contribution < -0.4 is 10.1 Å². The zero-order chi connectivity index (χ0) is 11.0. The molecular weight excluding hydrogens is 204 g/mol. The van der Waals surface area contributed by atoms with Gasteiger partial charge in [0.15, 0.2) is 5.65 Å². The summed E-state index contributed by atoms with van der Waals surface area (Å²) in [6.07, 6.45) is 6.56. The van der Waals surface area contributed by atoms with Gasteiger partial charge in [-0.1, -0.05) is 0 Å². The first kappa shape index (κ1) is 9.59. The number of hydrogen-bond donors (Lipinski definition) is 1. The lowest BCUT2D eigenvalue weighted by molar-refractivity contribution is 0.387. The van der Waals surface area contributed by atoms with Gasteiger partial charge in [0.1, 0.15) is 0 Å². The second-order valence-corrected chi connectivity index (χ2v) is 4.02. The average Bonchev–Trinajstić information content (AvgIpc) is 2.96. The number of imidazole rings is 1. The minimum atomic E-state index is 0.520. The molecule has 1 unspecified atom stereocenters. The van der Waals surface area contributed by atoms with Gasteiger partial charge in [0.2, 0.25) is 5.88 Å². The number of ether oxygens (including phenoxy) is 1. The molecule has 0 saturated carbocycles. The largest absolute Gasteiger partial charge is 0.481 e. The zero-order valence-electron chi connectivity index (χ0n) is 9.18. The van der Waals surface area contributed by atoms with E-state index in [2.05, 4.69) is 15.3 Å². The summed E-state index contributed by atoms with van der Waals surface area (Å²) in [5, 5.41) is 3.37. The van der Waals surface area contributed by atoms with Gasteiger partial charge >= 0.3 is 0 Å². The van der Waals surface area contributed by atoms with Crippen LogP contribution in [0, 0.1) is 0 Å². The molecule has 5 nitrogen and oxygen atoms in total. The molecule has 3 rings (SSSR count). The lowest BCUT2D eigenvalue weighted by Gasteiger charge is -2.10. The fraction of sp³-hybridized carbons (Fsp3) is 0.455. The fourth-order valence-electron chi connectivity index (χ4n) is 2.28. The molecule has 0 aliphatic carbocycles. The highest BCUT2D eigenvalue weighted by Crippen LogP contribution is 2.26. The van der Waals surface area contributed by atoms with Gasteiger partial charge in [0.05, 0.1) is 25.2 Å². The van der Waals surface area contributed by atoms with E-state index in [-0.39, 0.29) is 0 Å². The Balaban J connectivity index is 2.16. The van der Waals surface area contributed by atoms with Crippen molar-refractivity contribution in [3.05, 3.63) is 24.3 Å². The Morgan fingerprint density at radius 1 is 1.44 bits per heavy atom. The number of nitrogens with one attached hydrogen (secondary N) is 1. The molecule has 1 fully saturated rings. The fourth-order valence-corrected chi connectivity index (χ4v) is 2.28. The van der Waals surface area contributed by atoms with E-state index in [0.29, 0.717) is 5.92 Å². The van der Waals surface area contributed by atoms with Crippen molar-refractivity contribution in [2.75, 3.05) is 20.2 Å². The monoisotopic (exact) mass is 218 g/mol. The highest BCUT2D eigenvalue weighted by molar-refractivity contribution is 5.42. The third-order valence-electron chi connectivity index (χ3n) is 3.10. The smallest absolute Gasteiger partial charge is 0.218 e. The van der Waals surface area contributed by atoms with E-state index in [1.165, 1.54) is 5.69 Å². The van der Waals surface area contributed by atoms with Crippen molar-refractivity contribution in [2.24, 2.45) is 0 Å². The van der Waals surface area contributed by atoms with E-state index in [0.717, 1.165) is 31.0 Å². The molecule has 2 aromatic rings. The quantitative estimate of drug-likeness (QED) is 0.810. The van der Waals surface area contributed by atoms with E-state index in [4.69, 9.17) is 4.74 Å². The Morgan fingerprint density at radius 3 is 3.12 bits per heavy atom. The van der Waals surface area contributed by atoms with Gasteiger partial charge in [0.25, 0.3) is 0 Å². The number of fused-ring (bicyclic) bond motifs is 1. The number of aromatic nitrogens is 3. The standard InChI is InChI=1S/C11H14N4O/c1-16-11-7-13-6-10-14-5-9(15(10)11)8-2-3-12-4-8/h5-8,12H,2-4H2,1H3. The molecule has 0 spiro atoms. The average molecular weight is 218 g/mol. The van der Waals surface area contributed by atoms with Gasteiger partial charge in [-0.2, -0.15) is 0 Å². The van der Waals surface area contributed by atoms with E-state index in [1.54, 1.807) is 19.5 Å². The predicted molar refractivity (Wildman–Crippen MR) is 59.8 cm³/mol. The van der Waals surface area contributed by atoms with E-state index in [1.807, 2.05) is 10.6 Å². The molecule has 0 aromatic carbocycles. The van der Waals surface area contributed by atoms with Gasteiger partial charge in [0, 0.05) is 18.7 Å². The first-order valence-corrected chi connectivity index (χ1v) is 5.46. The van der Waals surface area contributed by atoms with Crippen LogP contribution in [0.4, 0.5) is 0 Å². The van der Waals surface area contributed by atoms with Crippen LogP contribution in [0.1, 0.15) is 18.0 Å². The summed E-state index contributed by atoms with van der Waals surface area (Å²) in [7, 11) is 1.66. The Labute approximate surface area is 93.5 Å². The normalized spacial score (nSPS) is 20.4. The molecule has 3 heterocycles. The van der Waals surface area contributed by atoms with Crippen LogP contribution in [0.5, 0.6) is 5.88 Å². The molecular formula is C11H14N4O. The third kappa shape index (κ3) is 1.36. The minimum absolute atomic E-state index is 0.520. The van der Waals surface area contributed by atoms with Gasteiger partial charge in [-0.05, 0) is 13.0 Å². The Kier molecular flexibility index (Phi) is 2.25. The van der Waals surface area contributed by atoms with E-state index < -0.39 is 0 Å². The topological polar surface area (TPSA) is 51.5 Å². The SMILES string of the molecule is COc1cncc2ncc(C3CCNC3)n12. The van der Waals surface area contributed by atoms with Crippen LogP contribution in [-0.2, 0) is 0 Å². The summed E-state index contributed by atoms with van der Waals surface area (Å²) in [5.41, 5.74) is 2.06. The Bertz CT molecular complexity index is 502. The summed E-state index contributed by atoms with van der Waals surface area (Å²) in [5.74, 6) is 1.27. The molecule has 0 radical (unpaired) electrons. The van der Waals surface area contributed by atoms with Crippen molar-refractivity contribution in [3.63, 3.8) is 0 Å². The third-order valence-corrected chi connectivity index (χ3v) is 3.10. The van der Waals surface area contributed by atoms with Crippen LogP contribution in [-0.4, -0.2) is 34.6 Å². The lowest BCUT2D eigenvalue weighted by Crippen LogP contribution is -2.10. The second-order valence-electron chi connectivity index (χ2n) is 4.02. The van der Waals surface area contributed by atoms with Gasteiger partial charge in [-0.25, -0.2) is 4.98 Å². The summed E-state index contributed by atoms with van der Waals surface area (Å²) < 4.78 is 7.37. The Hall–Kier alpha value is -1.62. The number of rotatable bonds is 2. The van der Waals surface area contributed by atoms with Crippen LogP contribution in [0.3, 0.4) is 0 Å². The predicted octanol–water partition coefficient (Wildman–Crippen LogP) is 0.815. The van der Waals surface area contributed by atoms with Crippen LogP contribution in [0.2, 0.25) is 0 Å². The molecule has 1 atom stereocenters. The van der Waals surface area contributed by atoms with E-state index in [9.17, 15) is 0 Å². The molecule has 1 saturated heterocycles. The van der Waals surface area contributed by atoms with Crippen molar-refractivity contribution in [2.45, 2.75) is 12.3 Å². The maximum atomic E-state index is 5.33. The second kappa shape index (κ2) is 3.75. The molecule has 0 bridgehead atoms. The highest BCUT2D eigenvalue weighted by atomic mass is 16.5. The molecule has 1 aliphatic heterocycles. The van der Waals surface area contributed by atoms with Crippen molar-refractivity contribution >= 4 is 5.65 Å². The van der Waals surface area contributed by atoms with Crippen molar-refractivity contribution in [3.8, 4) is 5.88 Å². The lowest BCUT2D eigenvalue weighted by atomic mass is 10.1. The molecule has 2 aromatic heterocycles. The van der Waals surface area contributed by atoms with Gasteiger partial charge in [-0.3, -0.25) is 9.38 Å². The van der Waals surface area contributed by atoms with Crippen LogP contribution >= 0.6 is 0 Å². The van der Waals surface area contributed by atoms with Crippen molar-refractivity contribution in [1.82, 2.24) is 19.7 Å². The summed E-state index contributed by atoms with van der Waals surface area (Å²) in [4.78, 5) is 8.46. The number of nitrogens with zero attached hydrogens (tertiary/aromatic N) is 3. The molecule has 1 aliphatic rings. The minimum Gasteiger partial charge on any atom is -0.481 e. The highest BCUT2D eigenvalue weighted by Gasteiger charge is 2.21. The first-order valence-electron chi connectivity index (χ1n) is 5.46. The molecule has 84 valence electrons. The maximum absolute atomic E-state index is 5.33. The number of methoxy groups -OCH3 is 1. The van der Waals surface area contributed by atoms with E-state index >= 15 is 0 Å². The molecule has 0 amide bonds. The van der Waals surface area contributed by atoms with Crippen molar-refractivity contribution in [1.29, 1.82) is 0 Å². The van der Waals surface area contributed by atoms with Crippen LogP contribution in [0.15, 0.2) is 18.6 Å². The summed E-state index contributed by atoms with van der Waals surface area (Å²) in [6.45, 7) is 2.09. The summed E-state index contributed by atoms with van der Waals surface area (Å²) >= 11 is 0. The Morgan fingerprint density at radius 2 is 2.38 bits per heavy atom. The van der Waals surface area contributed by atoms with Crippen LogP contribution in [0.25, 0.3) is 5.65 Å². The number of hydrogen-bond acceptors (Lipinski definition) is 4. The van der Waals surface area contributed by atoms with Gasteiger partial charge in [-0.15, -0.1) is 0 Å². The molecule has 16 heavy (non-hydrogen) atoms.